The molecule has 0 aliphatic rings. The highest BCUT2D eigenvalue weighted by Gasteiger charge is 2.41. The summed E-state index contributed by atoms with van der Waals surface area (Å²) in [5, 5.41) is 22.3. The minimum absolute atomic E-state index is 0. The third kappa shape index (κ3) is 7.57. The minimum Gasteiger partial charge on any atom is -0.399 e. The van der Waals surface area contributed by atoms with Gasteiger partial charge in [-0.1, -0.05) is 11.8 Å². The van der Waals surface area contributed by atoms with Crippen molar-refractivity contribution in [2.45, 2.75) is 18.6 Å². The van der Waals surface area contributed by atoms with E-state index in [4.69, 9.17) is 10.9 Å². The number of carbonyl (C=O) groups is 2. The molecule has 0 spiro atoms. The number of carbonyl (C=O) groups excluding carboxylic acids is 2. The zero-order valence-corrected chi connectivity index (χ0v) is 20.6. The number of hydrogen-bond acceptors (Lipinski definition) is 6. The molecule has 0 bridgehead atoms. The number of nitrogens with two attached hydrogens (primary N) is 1. The van der Waals surface area contributed by atoms with Gasteiger partial charge >= 0.3 is 0 Å². The zero-order chi connectivity index (χ0) is 23.8. The van der Waals surface area contributed by atoms with Crippen molar-refractivity contribution in [3.63, 3.8) is 0 Å². The molecular weight excluding hydrogens is 486 g/mol. The summed E-state index contributed by atoms with van der Waals surface area (Å²) in [5.41, 5.74) is 7.71. The number of rotatable bonds is 5. The summed E-state index contributed by atoms with van der Waals surface area (Å²) in [6.45, 7) is 1.31. The average molecular weight is 512 g/mol. The molecule has 3 aromatic rings. The van der Waals surface area contributed by atoms with Gasteiger partial charge in [-0.2, -0.15) is 27.0 Å². The van der Waals surface area contributed by atoms with E-state index in [0.717, 1.165) is 5.56 Å². The van der Waals surface area contributed by atoms with Gasteiger partial charge in [0.05, 0.1) is 18.2 Å². The van der Waals surface area contributed by atoms with E-state index in [2.05, 4.69) is 39.0 Å². The van der Waals surface area contributed by atoms with Gasteiger partial charge in [-0.05, 0) is 67.3 Å². The van der Waals surface area contributed by atoms with Crippen LogP contribution in [0.2, 0.25) is 0 Å². The number of benzene rings is 2. The zero-order valence-electron chi connectivity index (χ0n) is 18.6. The molecule has 0 fully saturated rings. The Morgan fingerprint density at radius 3 is 2.06 bits per heavy atom. The number of H-pyrrole nitrogens is 1. The molecule has 9 nitrogen and oxygen atoms in total. The molecule has 0 saturated heterocycles. The lowest BCUT2D eigenvalue weighted by Crippen LogP contribution is -2.57. The van der Waals surface area contributed by atoms with Crippen molar-refractivity contribution in [1.82, 2.24) is 20.8 Å². The van der Waals surface area contributed by atoms with Crippen molar-refractivity contribution in [3.8, 4) is 23.7 Å². The van der Waals surface area contributed by atoms with E-state index in [1.807, 2.05) is 0 Å². The van der Waals surface area contributed by atoms with E-state index in [0.29, 0.717) is 11.3 Å². The fourth-order valence-corrected chi connectivity index (χ4v) is 2.91. The molecule has 1 heterocycles. The van der Waals surface area contributed by atoms with E-state index < -0.39 is 23.5 Å². The first kappa shape index (κ1) is 29.2. The lowest BCUT2D eigenvalue weighted by Gasteiger charge is -2.30. The smallest absolute Gasteiger partial charge is 0.269 e. The van der Waals surface area contributed by atoms with Gasteiger partial charge < -0.3 is 21.1 Å². The second kappa shape index (κ2) is 13.1. The van der Waals surface area contributed by atoms with Crippen LogP contribution in [0.1, 0.15) is 34.1 Å². The highest BCUT2D eigenvalue weighted by Crippen LogP contribution is 2.23. The number of imidazole rings is 1. The molecule has 3 rings (SSSR count). The van der Waals surface area contributed by atoms with E-state index in [9.17, 15) is 14.7 Å². The fourth-order valence-electron chi connectivity index (χ4n) is 2.91. The number of nitrogens with zero attached hydrogens (tertiary/aromatic N) is 1. The number of hydrogen-bond donors (Lipinski definition) is 6. The van der Waals surface area contributed by atoms with Crippen LogP contribution in [0.4, 0.5) is 5.69 Å². The first-order valence-electron chi connectivity index (χ1n) is 9.75. The molecule has 7 N–H and O–H groups in total. The summed E-state index contributed by atoms with van der Waals surface area (Å²) in [5.74, 6) is 9.63. The van der Waals surface area contributed by atoms with Crippen molar-refractivity contribution in [3.05, 3.63) is 83.4 Å². The Kier molecular flexibility index (Phi) is 10.9. The van der Waals surface area contributed by atoms with Crippen LogP contribution >= 0.6 is 27.0 Å². The molecule has 2 atom stereocenters. The molecule has 11 heteroatoms. The number of aliphatic hydroxyl groups is 1. The quantitative estimate of drug-likeness (QED) is 0.131. The summed E-state index contributed by atoms with van der Waals surface area (Å²) in [6.07, 6.45) is 2.63. The van der Waals surface area contributed by atoms with Crippen LogP contribution in [0, 0.1) is 23.7 Å². The van der Waals surface area contributed by atoms with Gasteiger partial charge in [0, 0.05) is 22.4 Å². The van der Waals surface area contributed by atoms with E-state index >= 15 is 0 Å². The summed E-state index contributed by atoms with van der Waals surface area (Å²) >= 11 is 0. The number of aromatic amines is 1. The molecule has 0 aliphatic heterocycles. The van der Waals surface area contributed by atoms with Gasteiger partial charge in [0.2, 0.25) is 0 Å². The van der Waals surface area contributed by atoms with Gasteiger partial charge in [0.15, 0.2) is 0 Å². The SMILES string of the molecule is C[C@@](O)(c1cnc[nH]1)[C@H](NC(=O)c1ccc(C#CC#Cc2ccc(N)cc2)cc1)C(=O)NO.S.S. The number of hydroxylamine groups is 1. The van der Waals surface area contributed by atoms with Crippen LogP contribution in [0.15, 0.2) is 61.1 Å². The maximum Gasteiger partial charge on any atom is 0.269 e. The Hall–Kier alpha value is -3.87. The first-order valence-corrected chi connectivity index (χ1v) is 9.75. The molecule has 35 heavy (non-hydrogen) atoms. The molecule has 1 aromatic heterocycles. The lowest BCUT2D eigenvalue weighted by molar-refractivity contribution is -0.138. The first-order chi connectivity index (χ1) is 15.8. The number of amides is 2. The van der Waals surface area contributed by atoms with E-state index in [1.54, 1.807) is 36.4 Å². The summed E-state index contributed by atoms with van der Waals surface area (Å²) < 4.78 is 0. The van der Waals surface area contributed by atoms with Crippen LogP contribution in [0.5, 0.6) is 0 Å². The fraction of sp³-hybridized carbons (Fsp3) is 0.125. The molecule has 0 radical (unpaired) electrons. The van der Waals surface area contributed by atoms with Gasteiger partial charge in [-0.15, -0.1) is 0 Å². The Balaban J connectivity index is 0.00000306. The van der Waals surface area contributed by atoms with Crippen LogP contribution < -0.4 is 16.5 Å². The molecule has 182 valence electrons. The summed E-state index contributed by atoms with van der Waals surface area (Å²) in [6, 6.07) is 11.9. The third-order valence-electron chi connectivity index (χ3n) is 4.79. The highest BCUT2D eigenvalue weighted by molar-refractivity contribution is 7.59. The maximum absolute atomic E-state index is 12.7. The topological polar surface area (TPSA) is 153 Å². The van der Waals surface area contributed by atoms with Gasteiger partial charge in [-0.3, -0.25) is 14.8 Å². The summed E-state index contributed by atoms with van der Waals surface area (Å²) in [4.78, 5) is 31.3. The largest absolute Gasteiger partial charge is 0.399 e. The van der Waals surface area contributed by atoms with Crippen molar-refractivity contribution < 1.29 is 19.9 Å². The monoisotopic (exact) mass is 511 g/mol. The normalized spacial score (nSPS) is 12.0. The van der Waals surface area contributed by atoms with Crippen LogP contribution in [0.25, 0.3) is 0 Å². The number of nitrogen functional groups attached to an aromatic ring is 1. The second-order valence-corrected chi connectivity index (χ2v) is 7.19. The number of anilines is 1. The van der Waals surface area contributed by atoms with E-state index in [-0.39, 0.29) is 38.2 Å². The predicted octanol–water partition coefficient (Wildman–Crippen LogP) is 1.13. The second-order valence-electron chi connectivity index (χ2n) is 7.19. The maximum atomic E-state index is 12.7. The Labute approximate surface area is 216 Å². The Morgan fingerprint density at radius 2 is 1.57 bits per heavy atom. The van der Waals surface area contributed by atoms with Gasteiger partial charge in [-0.25, -0.2) is 10.5 Å². The average Bonchev–Trinajstić information content (AvgIpc) is 3.37. The van der Waals surface area contributed by atoms with Crippen LogP contribution in [-0.4, -0.2) is 38.1 Å². The highest BCUT2D eigenvalue weighted by atomic mass is 32.1. The molecule has 2 aromatic carbocycles. The number of nitrogens with one attached hydrogen (secondary N) is 3. The number of aromatic nitrogens is 2. The Morgan fingerprint density at radius 1 is 1.03 bits per heavy atom. The molecular formula is C24H25N5O4S2. The van der Waals surface area contributed by atoms with Crippen molar-refractivity contribution >= 4 is 44.5 Å². The van der Waals surface area contributed by atoms with Crippen molar-refractivity contribution in [2.75, 3.05) is 5.73 Å². The van der Waals surface area contributed by atoms with Gasteiger partial charge in [0.25, 0.3) is 11.8 Å². The molecule has 0 unspecified atom stereocenters. The molecule has 0 aliphatic carbocycles. The van der Waals surface area contributed by atoms with Crippen LogP contribution in [-0.2, 0) is 10.4 Å². The minimum atomic E-state index is -1.87. The van der Waals surface area contributed by atoms with Crippen molar-refractivity contribution in [2.24, 2.45) is 0 Å². The molecule has 2 amide bonds. The van der Waals surface area contributed by atoms with Gasteiger partial charge in [0.1, 0.15) is 11.6 Å². The lowest BCUT2D eigenvalue weighted by atomic mass is 9.92. The predicted molar refractivity (Wildman–Crippen MR) is 141 cm³/mol. The van der Waals surface area contributed by atoms with Crippen molar-refractivity contribution in [1.29, 1.82) is 0 Å². The summed E-state index contributed by atoms with van der Waals surface area (Å²) in [7, 11) is 0. The van der Waals surface area contributed by atoms with Crippen LogP contribution in [0.3, 0.4) is 0 Å². The standard InChI is InChI=1S/C24H21N5O4.2H2S/c1-24(32,20-14-26-15-27-20)21(23(31)29-33)28-22(30)18-10-6-16(7-11-18)4-2-3-5-17-8-12-19(25)13-9-17;;/h6-15,21,32-33H,25H2,1H3,(H,26,27)(H,28,30)(H,29,31);2*1H2/t21-,24-;;/m1../s1. The third-order valence-corrected chi connectivity index (χ3v) is 4.79. The molecule has 0 saturated carbocycles. The Bertz CT molecular complexity index is 1250. The van der Waals surface area contributed by atoms with E-state index in [1.165, 1.54) is 37.1 Å².